The third kappa shape index (κ3) is 4.36. The van der Waals surface area contributed by atoms with Gasteiger partial charge in [-0.25, -0.2) is 9.98 Å². The number of aliphatic imine (C=N–C) groups is 1. The molecule has 3 heterocycles. The number of nitrogens with one attached hydrogen (secondary N) is 1. The zero-order valence-corrected chi connectivity index (χ0v) is 16.6. The van der Waals surface area contributed by atoms with Crippen LogP contribution in [-0.2, 0) is 12.6 Å². The van der Waals surface area contributed by atoms with Crippen molar-refractivity contribution in [1.29, 1.82) is 0 Å². The molecule has 1 fully saturated rings. The Morgan fingerprint density at radius 1 is 1.39 bits per heavy atom. The lowest BCUT2D eigenvalue weighted by molar-refractivity contribution is 0.0434. The number of aliphatic hydroxyl groups is 1. The highest BCUT2D eigenvalue weighted by atomic mass is 16.4. The number of anilines is 1. The Morgan fingerprint density at radius 2 is 2.14 bits per heavy atom. The number of piperazine rings is 1. The first-order valence-corrected chi connectivity index (χ1v) is 9.48. The number of rotatable bonds is 5. The van der Waals surface area contributed by atoms with Gasteiger partial charge in [0.25, 0.3) is 5.56 Å². The molecule has 2 aromatic rings. The predicted octanol–water partition coefficient (Wildman–Crippen LogP) is 0.369. The Bertz CT molecular complexity index is 851. The van der Waals surface area contributed by atoms with Crippen molar-refractivity contribution >= 4 is 11.8 Å². The van der Waals surface area contributed by atoms with Crippen molar-refractivity contribution in [2.75, 3.05) is 44.2 Å². The van der Waals surface area contributed by atoms with Crippen LogP contribution >= 0.6 is 0 Å². The number of guanidine groups is 1. The van der Waals surface area contributed by atoms with Gasteiger partial charge in [-0.3, -0.25) is 4.79 Å². The fourth-order valence-electron chi connectivity index (χ4n) is 3.15. The van der Waals surface area contributed by atoms with Crippen molar-refractivity contribution in [3.05, 3.63) is 46.9 Å². The molecule has 9 nitrogen and oxygen atoms in total. The average molecular weight is 388 g/mol. The van der Waals surface area contributed by atoms with Gasteiger partial charge in [0, 0.05) is 52.2 Å². The molecule has 1 unspecified atom stereocenters. The molecule has 2 N–H and O–H groups in total. The standard InChI is InChI=1S/C19H28N6O3/c1-4-20-18(22-14-19(2,27)15-6-5-13-28-15)25-11-9-24(10-12-25)16-17(26)23(3)8-7-21-16/h5-8,13,27H,4,9-12,14H2,1-3H3,(H,20,22). The molecule has 152 valence electrons. The van der Waals surface area contributed by atoms with Gasteiger partial charge in [0.15, 0.2) is 11.8 Å². The molecule has 0 radical (unpaired) electrons. The number of aromatic nitrogens is 2. The van der Waals surface area contributed by atoms with Crippen LogP contribution < -0.4 is 15.8 Å². The van der Waals surface area contributed by atoms with Gasteiger partial charge in [-0.05, 0) is 26.0 Å². The lowest BCUT2D eigenvalue weighted by Crippen LogP contribution is -2.54. The van der Waals surface area contributed by atoms with Gasteiger partial charge in [0.05, 0.1) is 12.8 Å². The van der Waals surface area contributed by atoms with Gasteiger partial charge in [-0.1, -0.05) is 0 Å². The molecule has 1 aliphatic rings. The molecule has 28 heavy (non-hydrogen) atoms. The number of aryl methyl sites for hydroxylation is 1. The summed E-state index contributed by atoms with van der Waals surface area (Å²) in [5.74, 6) is 1.71. The quantitative estimate of drug-likeness (QED) is 0.564. The summed E-state index contributed by atoms with van der Waals surface area (Å²) in [6.07, 6.45) is 4.84. The van der Waals surface area contributed by atoms with E-state index in [2.05, 4.69) is 20.2 Å². The summed E-state index contributed by atoms with van der Waals surface area (Å²) < 4.78 is 6.86. The lowest BCUT2D eigenvalue weighted by atomic mass is 10.0. The first kappa shape index (κ1) is 19.9. The fraction of sp³-hybridized carbons (Fsp3) is 0.526. The molecule has 3 rings (SSSR count). The van der Waals surface area contributed by atoms with Crippen LogP contribution in [0.1, 0.15) is 19.6 Å². The third-order valence-electron chi connectivity index (χ3n) is 4.80. The monoisotopic (exact) mass is 388 g/mol. The van der Waals surface area contributed by atoms with E-state index in [1.165, 1.54) is 4.57 Å². The van der Waals surface area contributed by atoms with Crippen LogP contribution in [0.4, 0.5) is 5.82 Å². The summed E-state index contributed by atoms with van der Waals surface area (Å²) in [4.78, 5) is 25.3. The summed E-state index contributed by atoms with van der Waals surface area (Å²) >= 11 is 0. The van der Waals surface area contributed by atoms with E-state index in [0.717, 1.165) is 12.5 Å². The third-order valence-corrected chi connectivity index (χ3v) is 4.80. The van der Waals surface area contributed by atoms with E-state index in [0.29, 0.717) is 37.8 Å². The smallest absolute Gasteiger partial charge is 0.293 e. The van der Waals surface area contributed by atoms with Crippen LogP contribution in [0.2, 0.25) is 0 Å². The van der Waals surface area contributed by atoms with Crippen LogP contribution in [0.15, 0.2) is 45.0 Å². The van der Waals surface area contributed by atoms with Crippen molar-refractivity contribution in [3.63, 3.8) is 0 Å². The molecular formula is C19H28N6O3. The van der Waals surface area contributed by atoms with Crippen molar-refractivity contribution in [3.8, 4) is 0 Å². The minimum atomic E-state index is -1.17. The number of hydrogen-bond acceptors (Lipinski definition) is 6. The molecule has 1 saturated heterocycles. The molecule has 1 atom stereocenters. The van der Waals surface area contributed by atoms with Gasteiger partial charge in [0.2, 0.25) is 0 Å². The van der Waals surface area contributed by atoms with E-state index in [1.807, 2.05) is 11.8 Å². The summed E-state index contributed by atoms with van der Waals surface area (Å²) in [6.45, 7) is 7.35. The highest BCUT2D eigenvalue weighted by Gasteiger charge is 2.27. The molecule has 1 aliphatic heterocycles. The lowest BCUT2D eigenvalue weighted by Gasteiger charge is -2.37. The van der Waals surface area contributed by atoms with E-state index in [-0.39, 0.29) is 12.1 Å². The average Bonchev–Trinajstić information content (AvgIpc) is 3.23. The molecule has 0 bridgehead atoms. The Hall–Kier alpha value is -2.81. The largest absolute Gasteiger partial charge is 0.466 e. The van der Waals surface area contributed by atoms with Crippen LogP contribution in [0.5, 0.6) is 0 Å². The topological polar surface area (TPSA) is 99.1 Å². The maximum atomic E-state index is 12.3. The van der Waals surface area contributed by atoms with Crippen LogP contribution in [0.25, 0.3) is 0 Å². The van der Waals surface area contributed by atoms with Gasteiger partial charge in [-0.2, -0.15) is 0 Å². The second-order valence-corrected chi connectivity index (χ2v) is 7.06. The van der Waals surface area contributed by atoms with E-state index in [9.17, 15) is 9.90 Å². The first-order chi connectivity index (χ1) is 13.4. The zero-order valence-electron chi connectivity index (χ0n) is 16.6. The summed E-state index contributed by atoms with van der Waals surface area (Å²) in [5.41, 5.74) is -1.27. The Labute approximate surface area is 164 Å². The number of nitrogens with zero attached hydrogens (tertiary/aromatic N) is 5. The Kier molecular flexibility index (Phi) is 6.03. The minimum absolute atomic E-state index is 0.0916. The van der Waals surface area contributed by atoms with E-state index in [4.69, 9.17) is 4.42 Å². The van der Waals surface area contributed by atoms with Crippen molar-refractivity contribution in [2.45, 2.75) is 19.4 Å². The molecule has 9 heteroatoms. The predicted molar refractivity (Wildman–Crippen MR) is 108 cm³/mol. The molecule has 0 saturated carbocycles. The SMILES string of the molecule is CCNC(=NCC(C)(O)c1ccco1)N1CCN(c2nccn(C)c2=O)CC1. The van der Waals surface area contributed by atoms with Gasteiger partial charge < -0.3 is 29.2 Å². The Morgan fingerprint density at radius 3 is 2.79 bits per heavy atom. The maximum absolute atomic E-state index is 12.3. The first-order valence-electron chi connectivity index (χ1n) is 9.48. The fourth-order valence-corrected chi connectivity index (χ4v) is 3.15. The second kappa shape index (κ2) is 8.47. The molecule has 0 spiro atoms. The van der Waals surface area contributed by atoms with Crippen molar-refractivity contribution in [2.24, 2.45) is 12.0 Å². The highest BCUT2D eigenvalue weighted by Crippen LogP contribution is 2.21. The highest BCUT2D eigenvalue weighted by molar-refractivity contribution is 5.80. The molecule has 0 aliphatic carbocycles. The second-order valence-electron chi connectivity index (χ2n) is 7.06. The minimum Gasteiger partial charge on any atom is -0.466 e. The summed E-state index contributed by atoms with van der Waals surface area (Å²) in [5, 5.41) is 13.9. The maximum Gasteiger partial charge on any atom is 0.293 e. The van der Waals surface area contributed by atoms with Gasteiger partial charge in [0.1, 0.15) is 11.4 Å². The van der Waals surface area contributed by atoms with E-state index < -0.39 is 5.60 Å². The summed E-state index contributed by atoms with van der Waals surface area (Å²) in [7, 11) is 1.73. The van der Waals surface area contributed by atoms with Crippen LogP contribution in [-0.4, -0.2) is 64.8 Å². The zero-order chi connectivity index (χ0) is 20.1. The number of hydrogen-bond donors (Lipinski definition) is 2. The van der Waals surface area contributed by atoms with Crippen molar-refractivity contribution < 1.29 is 9.52 Å². The molecular weight excluding hydrogens is 360 g/mol. The van der Waals surface area contributed by atoms with Crippen molar-refractivity contribution in [1.82, 2.24) is 19.8 Å². The van der Waals surface area contributed by atoms with Gasteiger partial charge in [-0.15, -0.1) is 0 Å². The normalized spacial score (nSPS) is 17.5. The molecule has 2 aromatic heterocycles. The molecule has 0 aromatic carbocycles. The number of furan rings is 1. The van der Waals surface area contributed by atoms with E-state index in [1.54, 1.807) is 44.8 Å². The summed E-state index contributed by atoms with van der Waals surface area (Å²) in [6, 6.07) is 3.49. The van der Waals surface area contributed by atoms with Gasteiger partial charge >= 0.3 is 0 Å². The Balaban J connectivity index is 1.67. The van der Waals surface area contributed by atoms with E-state index >= 15 is 0 Å². The molecule has 0 amide bonds. The van der Waals surface area contributed by atoms with Crippen LogP contribution in [0.3, 0.4) is 0 Å². The van der Waals surface area contributed by atoms with Crippen LogP contribution in [0, 0.1) is 0 Å².